The highest BCUT2D eigenvalue weighted by Crippen LogP contribution is 2.37. The van der Waals surface area contributed by atoms with Crippen LogP contribution in [0.1, 0.15) is 36.0 Å². The van der Waals surface area contributed by atoms with E-state index in [9.17, 15) is 4.79 Å². The molecule has 1 saturated carbocycles. The fourth-order valence-electron chi connectivity index (χ4n) is 3.88. The molecule has 0 bridgehead atoms. The highest BCUT2D eigenvalue weighted by atomic mass is 16.2. The van der Waals surface area contributed by atoms with Crippen molar-refractivity contribution in [3.05, 3.63) is 18.0 Å². The van der Waals surface area contributed by atoms with E-state index in [1.54, 1.807) is 10.9 Å². The van der Waals surface area contributed by atoms with Crippen molar-refractivity contribution in [2.75, 3.05) is 19.6 Å². The molecule has 0 radical (unpaired) electrons. The summed E-state index contributed by atoms with van der Waals surface area (Å²) in [4.78, 5) is 17.3. The lowest BCUT2D eigenvalue weighted by atomic mass is 10.1. The molecule has 1 aromatic rings. The van der Waals surface area contributed by atoms with Gasteiger partial charge in [0.05, 0.1) is 11.8 Å². The summed E-state index contributed by atoms with van der Waals surface area (Å²) in [7, 11) is 1.86. The van der Waals surface area contributed by atoms with Crippen molar-refractivity contribution in [3.8, 4) is 0 Å². The minimum atomic E-state index is 0.166. The summed E-state index contributed by atoms with van der Waals surface area (Å²) in [6.45, 7) is 3.34. The highest BCUT2D eigenvalue weighted by molar-refractivity contribution is 5.94. The van der Waals surface area contributed by atoms with Crippen LogP contribution in [-0.2, 0) is 7.05 Å². The average Bonchev–Trinajstić information content (AvgIpc) is 2.86. The lowest BCUT2D eigenvalue weighted by Crippen LogP contribution is -2.40. The summed E-state index contributed by atoms with van der Waals surface area (Å²) in [5, 5.41) is 4.12. The third-order valence-corrected chi connectivity index (χ3v) is 5.09. The van der Waals surface area contributed by atoms with Gasteiger partial charge < -0.3 is 4.90 Å². The highest BCUT2D eigenvalue weighted by Gasteiger charge is 2.45. The Morgan fingerprint density at radius 2 is 2.05 bits per heavy atom. The maximum Gasteiger partial charge on any atom is 0.257 e. The van der Waals surface area contributed by atoms with Gasteiger partial charge in [0.25, 0.3) is 5.91 Å². The van der Waals surface area contributed by atoms with Gasteiger partial charge in [-0.15, -0.1) is 0 Å². The number of hydrogen-bond donors (Lipinski definition) is 0. The van der Waals surface area contributed by atoms with Gasteiger partial charge in [-0.05, 0) is 31.6 Å². The van der Waals surface area contributed by atoms with Crippen LogP contribution >= 0.6 is 0 Å². The van der Waals surface area contributed by atoms with E-state index in [2.05, 4.69) is 14.9 Å². The Kier molecular flexibility index (Phi) is 2.84. The second-order valence-electron chi connectivity index (χ2n) is 6.55. The summed E-state index contributed by atoms with van der Waals surface area (Å²) in [6.07, 6.45) is 8.62. The number of fused-ring (bicyclic) bond motifs is 1. The van der Waals surface area contributed by atoms with Gasteiger partial charge in [0.2, 0.25) is 0 Å². The zero-order valence-electron chi connectivity index (χ0n) is 12.0. The summed E-state index contributed by atoms with van der Waals surface area (Å²) in [5.74, 6) is 1.11. The van der Waals surface area contributed by atoms with Gasteiger partial charge in [0.1, 0.15) is 0 Å². The van der Waals surface area contributed by atoms with Crippen molar-refractivity contribution >= 4 is 5.91 Å². The number of carbonyl (C=O) groups is 1. The molecule has 1 aliphatic carbocycles. The molecule has 2 saturated heterocycles. The van der Waals surface area contributed by atoms with Crippen LogP contribution in [0.2, 0.25) is 0 Å². The van der Waals surface area contributed by atoms with Crippen LogP contribution in [0.4, 0.5) is 0 Å². The van der Waals surface area contributed by atoms with Crippen LogP contribution in [0.25, 0.3) is 0 Å². The predicted octanol–water partition coefficient (Wildman–Crippen LogP) is 1.12. The second-order valence-corrected chi connectivity index (χ2v) is 6.55. The largest absolute Gasteiger partial charge is 0.334 e. The number of carbonyl (C=O) groups excluding carboxylic acids is 1. The Bertz CT molecular complexity index is 522. The first-order valence-electron chi connectivity index (χ1n) is 7.76. The minimum Gasteiger partial charge on any atom is -0.334 e. The van der Waals surface area contributed by atoms with E-state index < -0.39 is 0 Å². The van der Waals surface area contributed by atoms with E-state index in [-0.39, 0.29) is 5.91 Å². The van der Waals surface area contributed by atoms with Crippen LogP contribution in [0.3, 0.4) is 0 Å². The predicted molar refractivity (Wildman–Crippen MR) is 75.4 cm³/mol. The molecule has 2 aliphatic heterocycles. The van der Waals surface area contributed by atoms with Crippen LogP contribution in [0.15, 0.2) is 12.4 Å². The van der Waals surface area contributed by atoms with Crippen LogP contribution < -0.4 is 0 Å². The zero-order valence-corrected chi connectivity index (χ0v) is 12.0. The van der Waals surface area contributed by atoms with Crippen molar-refractivity contribution in [1.29, 1.82) is 0 Å². The van der Waals surface area contributed by atoms with Gasteiger partial charge in [-0.1, -0.05) is 0 Å². The molecule has 2 atom stereocenters. The van der Waals surface area contributed by atoms with Crippen LogP contribution in [0, 0.1) is 5.92 Å². The van der Waals surface area contributed by atoms with Crippen molar-refractivity contribution in [3.63, 3.8) is 0 Å². The first-order chi connectivity index (χ1) is 9.72. The summed E-state index contributed by atoms with van der Waals surface area (Å²) in [6, 6.07) is 1.04. The topological polar surface area (TPSA) is 41.4 Å². The van der Waals surface area contributed by atoms with E-state index >= 15 is 0 Å². The van der Waals surface area contributed by atoms with Crippen molar-refractivity contribution in [2.24, 2.45) is 13.0 Å². The summed E-state index contributed by atoms with van der Waals surface area (Å²) in [5.41, 5.74) is 0.730. The van der Waals surface area contributed by atoms with Gasteiger partial charge >= 0.3 is 0 Å². The van der Waals surface area contributed by atoms with Crippen LogP contribution in [0.5, 0.6) is 0 Å². The monoisotopic (exact) mass is 274 g/mol. The van der Waals surface area contributed by atoms with E-state index in [1.807, 2.05) is 13.2 Å². The van der Waals surface area contributed by atoms with E-state index in [0.29, 0.717) is 12.1 Å². The van der Waals surface area contributed by atoms with Crippen molar-refractivity contribution < 1.29 is 4.79 Å². The van der Waals surface area contributed by atoms with Crippen LogP contribution in [-0.4, -0.2) is 57.2 Å². The molecule has 4 rings (SSSR count). The minimum absolute atomic E-state index is 0.166. The van der Waals surface area contributed by atoms with Crippen molar-refractivity contribution in [1.82, 2.24) is 19.6 Å². The molecule has 108 valence electrons. The lowest BCUT2D eigenvalue weighted by molar-refractivity contribution is 0.0732. The standard InChI is InChI=1S/C15H22N4O/c1-17-10-12(8-16-17)15(20)19-7-5-13-14(19)4-6-18(13)9-11-2-3-11/h8,10-11,13-14H,2-7,9H2,1H3/t13-,14+/m1/s1. The molecule has 3 heterocycles. The third kappa shape index (κ3) is 2.04. The van der Waals surface area contributed by atoms with Gasteiger partial charge in [0, 0.05) is 45.0 Å². The Morgan fingerprint density at radius 1 is 1.25 bits per heavy atom. The molecule has 1 aromatic heterocycles. The number of nitrogens with zero attached hydrogens (tertiary/aromatic N) is 4. The Hall–Kier alpha value is -1.36. The van der Waals surface area contributed by atoms with Gasteiger partial charge in [-0.25, -0.2) is 0 Å². The van der Waals surface area contributed by atoms with Crippen molar-refractivity contribution in [2.45, 2.75) is 37.8 Å². The molecular formula is C15H22N4O. The number of aromatic nitrogens is 2. The number of rotatable bonds is 3. The van der Waals surface area contributed by atoms with E-state index in [0.717, 1.165) is 30.9 Å². The molecule has 3 fully saturated rings. The molecule has 0 aromatic carbocycles. The number of aryl methyl sites for hydroxylation is 1. The van der Waals surface area contributed by atoms with E-state index in [4.69, 9.17) is 0 Å². The average molecular weight is 274 g/mol. The van der Waals surface area contributed by atoms with Gasteiger partial charge in [0.15, 0.2) is 0 Å². The molecule has 0 spiro atoms. The second kappa shape index (κ2) is 4.58. The van der Waals surface area contributed by atoms with E-state index in [1.165, 1.54) is 25.9 Å². The lowest BCUT2D eigenvalue weighted by Gasteiger charge is -2.25. The smallest absolute Gasteiger partial charge is 0.257 e. The first-order valence-corrected chi connectivity index (χ1v) is 7.76. The quantitative estimate of drug-likeness (QED) is 0.829. The number of likely N-dealkylation sites (tertiary alicyclic amines) is 2. The fraction of sp³-hybridized carbons (Fsp3) is 0.733. The summed E-state index contributed by atoms with van der Waals surface area (Å²) < 4.78 is 1.70. The third-order valence-electron chi connectivity index (χ3n) is 5.09. The molecule has 20 heavy (non-hydrogen) atoms. The number of hydrogen-bond acceptors (Lipinski definition) is 3. The molecule has 5 nitrogen and oxygen atoms in total. The first kappa shape index (κ1) is 12.4. The zero-order chi connectivity index (χ0) is 13.7. The maximum atomic E-state index is 12.6. The maximum absolute atomic E-state index is 12.6. The Labute approximate surface area is 119 Å². The Balaban J connectivity index is 1.47. The Morgan fingerprint density at radius 3 is 2.75 bits per heavy atom. The van der Waals surface area contributed by atoms with Gasteiger partial charge in [-0.2, -0.15) is 5.10 Å². The normalized spacial score (nSPS) is 29.9. The molecule has 5 heteroatoms. The molecule has 1 amide bonds. The fourth-order valence-corrected chi connectivity index (χ4v) is 3.88. The molecular weight excluding hydrogens is 252 g/mol. The summed E-state index contributed by atoms with van der Waals surface area (Å²) >= 11 is 0. The SMILES string of the molecule is Cn1cc(C(=O)N2CC[C@@H]3[C@@H]2CCN3CC2CC2)cn1. The van der Waals surface area contributed by atoms with Gasteiger partial charge in [-0.3, -0.25) is 14.4 Å². The molecule has 3 aliphatic rings. The molecule has 0 unspecified atom stereocenters. The molecule has 0 N–H and O–H groups in total. The number of amides is 1.